The second-order valence-corrected chi connectivity index (χ2v) is 10.5. The third kappa shape index (κ3) is 4.28. The van der Waals surface area contributed by atoms with E-state index >= 15 is 0 Å². The lowest BCUT2D eigenvalue weighted by molar-refractivity contribution is -0.136. The Bertz CT molecular complexity index is 1330. The number of rotatable bonds is 7. The van der Waals surface area contributed by atoms with Crippen LogP contribution < -0.4 is 5.32 Å². The molecule has 10 heteroatoms. The van der Waals surface area contributed by atoms with Crippen LogP contribution >= 0.6 is 0 Å². The predicted octanol–water partition coefficient (Wildman–Crippen LogP) is 1.70. The highest BCUT2D eigenvalue weighted by molar-refractivity contribution is 7.91. The molecule has 9 nitrogen and oxygen atoms in total. The molecule has 176 valence electrons. The summed E-state index contributed by atoms with van der Waals surface area (Å²) in [5.41, 5.74) is 1.39. The average Bonchev–Trinajstić information content (AvgIpc) is 3.07. The topological polar surface area (TPSA) is 135 Å². The maximum atomic E-state index is 12.9. The molecule has 0 aromatic heterocycles. The van der Waals surface area contributed by atoms with E-state index in [9.17, 15) is 32.4 Å². The summed E-state index contributed by atoms with van der Waals surface area (Å²) in [7, 11) is -3.35. The van der Waals surface area contributed by atoms with E-state index in [1.54, 1.807) is 19.1 Å². The van der Waals surface area contributed by atoms with Gasteiger partial charge >= 0.3 is 0 Å². The molecular weight excluding hydrogens is 460 g/mol. The average molecular weight is 483 g/mol. The van der Waals surface area contributed by atoms with Crippen molar-refractivity contribution in [2.75, 3.05) is 5.75 Å². The maximum absolute atomic E-state index is 12.9. The van der Waals surface area contributed by atoms with Gasteiger partial charge < -0.3 is 0 Å². The van der Waals surface area contributed by atoms with Crippen LogP contribution in [0.3, 0.4) is 0 Å². The normalized spacial score (nSPS) is 18.1. The zero-order valence-corrected chi connectivity index (χ0v) is 19.2. The smallest absolute Gasteiger partial charge is 0.262 e. The van der Waals surface area contributed by atoms with Crippen LogP contribution in [0.1, 0.15) is 62.8 Å². The van der Waals surface area contributed by atoms with Gasteiger partial charge in [-0.05, 0) is 42.7 Å². The molecule has 4 amide bonds. The minimum atomic E-state index is -3.35. The number of hydrogen-bond acceptors (Lipinski definition) is 7. The number of carbonyl (C=O) groups excluding carboxylic acids is 5. The van der Waals surface area contributed by atoms with E-state index in [0.717, 1.165) is 4.90 Å². The number of sulfone groups is 1. The number of amides is 4. The molecule has 2 aliphatic rings. The molecule has 0 aliphatic carbocycles. The maximum Gasteiger partial charge on any atom is 0.262 e. The Morgan fingerprint density at radius 3 is 2.32 bits per heavy atom. The van der Waals surface area contributed by atoms with Gasteiger partial charge in [-0.15, -0.1) is 0 Å². The Morgan fingerprint density at radius 1 is 1.00 bits per heavy atom. The number of carbonyl (C=O) groups is 5. The summed E-state index contributed by atoms with van der Waals surface area (Å²) in [6, 6.07) is 9.46. The molecule has 4 rings (SSSR count). The van der Waals surface area contributed by atoms with Crippen molar-refractivity contribution < 1.29 is 32.4 Å². The van der Waals surface area contributed by atoms with E-state index in [4.69, 9.17) is 0 Å². The summed E-state index contributed by atoms with van der Waals surface area (Å²) in [6.07, 6.45) is 0.553. The third-order valence-corrected chi connectivity index (χ3v) is 7.81. The molecule has 0 bridgehead atoms. The summed E-state index contributed by atoms with van der Waals surface area (Å²) in [4.78, 5) is 62.8. The van der Waals surface area contributed by atoms with E-state index in [-0.39, 0.29) is 46.8 Å². The Kier molecular flexibility index (Phi) is 6.18. The molecule has 2 aromatic carbocycles. The van der Waals surface area contributed by atoms with E-state index in [2.05, 4.69) is 5.32 Å². The number of ketones is 1. The second kappa shape index (κ2) is 8.94. The van der Waals surface area contributed by atoms with E-state index in [1.807, 2.05) is 0 Å². The zero-order valence-electron chi connectivity index (χ0n) is 18.4. The van der Waals surface area contributed by atoms with Crippen LogP contribution in [-0.2, 0) is 25.8 Å². The Labute approximate surface area is 196 Å². The summed E-state index contributed by atoms with van der Waals surface area (Å²) in [6.45, 7) is 1.55. The summed E-state index contributed by atoms with van der Waals surface area (Å²) >= 11 is 0. The van der Waals surface area contributed by atoms with Crippen molar-refractivity contribution in [1.82, 2.24) is 10.2 Å². The fourth-order valence-corrected chi connectivity index (χ4v) is 4.97. The van der Waals surface area contributed by atoms with Crippen LogP contribution in [0.5, 0.6) is 0 Å². The summed E-state index contributed by atoms with van der Waals surface area (Å²) in [5, 5.41) is 2.15. The molecule has 1 fully saturated rings. The zero-order chi connectivity index (χ0) is 24.6. The van der Waals surface area contributed by atoms with Gasteiger partial charge in [0.2, 0.25) is 11.8 Å². The number of nitrogens with one attached hydrogen (secondary N) is 1. The molecule has 1 atom stereocenters. The van der Waals surface area contributed by atoms with Crippen LogP contribution in [0.4, 0.5) is 0 Å². The van der Waals surface area contributed by atoms with Gasteiger partial charge in [0, 0.05) is 18.4 Å². The number of imide groups is 2. The molecule has 2 aliphatic heterocycles. The van der Waals surface area contributed by atoms with E-state index < -0.39 is 39.5 Å². The summed E-state index contributed by atoms with van der Waals surface area (Å²) < 4.78 is 23.8. The van der Waals surface area contributed by atoms with Crippen molar-refractivity contribution in [2.45, 2.75) is 43.5 Å². The molecule has 0 saturated carbocycles. The highest BCUT2D eigenvalue weighted by Gasteiger charge is 2.44. The van der Waals surface area contributed by atoms with Gasteiger partial charge in [0.1, 0.15) is 6.04 Å². The molecule has 1 unspecified atom stereocenters. The van der Waals surface area contributed by atoms with Gasteiger partial charge in [-0.1, -0.05) is 25.1 Å². The van der Waals surface area contributed by atoms with Crippen LogP contribution in [0.15, 0.2) is 47.4 Å². The van der Waals surface area contributed by atoms with Crippen molar-refractivity contribution in [1.29, 1.82) is 0 Å². The predicted molar refractivity (Wildman–Crippen MR) is 120 cm³/mol. The number of piperidine rings is 1. The Balaban J connectivity index is 1.45. The van der Waals surface area contributed by atoms with Gasteiger partial charge in [0.15, 0.2) is 15.6 Å². The minimum Gasteiger partial charge on any atom is -0.295 e. The van der Waals surface area contributed by atoms with Crippen LogP contribution in [0.25, 0.3) is 0 Å². The van der Waals surface area contributed by atoms with Crippen molar-refractivity contribution in [3.05, 3.63) is 64.7 Å². The lowest BCUT2D eigenvalue weighted by Gasteiger charge is -2.27. The third-order valence-electron chi connectivity index (χ3n) is 6.06. The number of hydrogen-bond donors (Lipinski definition) is 1. The highest BCUT2D eigenvalue weighted by atomic mass is 32.2. The van der Waals surface area contributed by atoms with E-state index in [1.165, 1.54) is 30.3 Å². The van der Waals surface area contributed by atoms with Gasteiger partial charge in [-0.25, -0.2) is 8.42 Å². The van der Waals surface area contributed by atoms with Crippen molar-refractivity contribution in [3.8, 4) is 0 Å². The molecule has 1 N–H and O–H groups in total. The van der Waals surface area contributed by atoms with Crippen molar-refractivity contribution >= 4 is 39.2 Å². The lowest BCUT2D eigenvalue weighted by Crippen LogP contribution is -2.54. The molecule has 0 radical (unpaired) electrons. The van der Waals surface area contributed by atoms with Crippen LogP contribution in [0.2, 0.25) is 0 Å². The largest absolute Gasteiger partial charge is 0.295 e. The first kappa shape index (κ1) is 23.5. The number of Topliss-reactive ketones (excluding diaryl/α,β-unsaturated/α-hetero) is 1. The first-order valence-electron chi connectivity index (χ1n) is 10.8. The lowest BCUT2D eigenvalue weighted by atomic mass is 9.99. The molecule has 2 heterocycles. The quantitative estimate of drug-likeness (QED) is 0.469. The minimum absolute atomic E-state index is 0.0270. The van der Waals surface area contributed by atoms with Gasteiger partial charge in [0.05, 0.1) is 21.8 Å². The number of fused-ring (bicyclic) bond motifs is 1. The van der Waals surface area contributed by atoms with E-state index in [0.29, 0.717) is 17.5 Å². The van der Waals surface area contributed by atoms with Crippen molar-refractivity contribution in [3.63, 3.8) is 0 Å². The second-order valence-electron chi connectivity index (χ2n) is 8.18. The fourth-order valence-electron chi connectivity index (χ4n) is 4.09. The monoisotopic (exact) mass is 482 g/mol. The molecule has 0 spiro atoms. The fraction of sp³-hybridized carbons (Fsp3) is 0.292. The standard InChI is InChI=1S/C24H22N2O7S/c1-2-34(32,33)16-7-5-15(6-8-16)20(27)11-4-14-3-9-17-18(13-14)24(31)26(23(17)30)19-10-12-21(28)25-22(19)29/h3,5-9,13,19H,2,4,10-12H2,1H3,(H,25,28,29). The number of aryl methyl sites for hydroxylation is 1. The van der Waals surface area contributed by atoms with Gasteiger partial charge in [-0.2, -0.15) is 0 Å². The molecule has 2 aromatic rings. The Morgan fingerprint density at radius 2 is 1.68 bits per heavy atom. The molecular formula is C24H22N2O7S. The molecule has 1 saturated heterocycles. The van der Waals surface area contributed by atoms with Crippen LogP contribution in [-0.4, -0.2) is 54.5 Å². The van der Waals surface area contributed by atoms with Crippen LogP contribution in [0, 0.1) is 0 Å². The SMILES string of the molecule is CCS(=O)(=O)c1ccc(C(=O)CCc2ccc3c(c2)C(=O)N(C2CCC(=O)NC2=O)C3=O)cc1. The first-order valence-corrected chi connectivity index (χ1v) is 12.5. The number of nitrogens with zero attached hydrogens (tertiary/aromatic N) is 1. The van der Waals surface area contributed by atoms with Gasteiger partial charge in [-0.3, -0.25) is 34.2 Å². The summed E-state index contributed by atoms with van der Waals surface area (Å²) in [5.74, 6) is -2.51. The number of benzene rings is 2. The van der Waals surface area contributed by atoms with Gasteiger partial charge in [0.25, 0.3) is 11.8 Å². The highest BCUT2D eigenvalue weighted by Crippen LogP contribution is 2.28. The first-order chi connectivity index (χ1) is 16.1. The molecule has 34 heavy (non-hydrogen) atoms. The van der Waals surface area contributed by atoms with Crippen molar-refractivity contribution in [2.24, 2.45) is 0 Å². The Hall–Kier alpha value is -3.66.